The Morgan fingerprint density at radius 3 is 2.61 bits per heavy atom. The minimum atomic E-state index is -0.0745. The molecule has 0 fully saturated rings. The number of carbonyl (C=O) groups excluding carboxylic acids is 2. The summed E-state index contributed by atoms with van der Waals surface area (Å²) in [5, 5.41) is 2.53. The molecule has 18 heavy (non-hydrogen) atoms. The fraction of sp³-hybridized carbons (Fsp3) is 0.385. The minimum absolute atomic E-state index is 0.0679. The summed E-state index contributed by atoms with van der Waals surface area (Å²) in [6.07, 6.45) is 0.314. The van der Waals surface area contributed by atoms with E-state index in [1.54, 1.807) is 25.1 Å². The lowest BCUT2D eigenvalue weighted by Gasteiger charge is -2.17. The van der Waals surface area contributed by atoms with E-state index in [0.29, 0.717) is 18.5 Å². The molecular formula is C13H17BrN2O2. The molecule has 1 rings (SSSR count). The highest BCUT2D eigenvalue weighted by Gasteiger charge is 2.13. The highest BCUT2D eigenvalue weighted by molar-refractivity contribution is 9.10. The molecule has 0 aliphatic heterocycles. The Morgan fingerprint density at radius 1 is 1.39 bits per heavy atom. The Bertz CT molecular complexity index is 460. The molecule has 1 aromatic rings. The maximum absolute atomic E-state index is 12.1. The van der Waals surface area contributed by atoms with Gasteiger partial charge in [0.25, 0.3) is 5.91 Å². The molecule has 0 saturated heterocycles. The Morgan fingerprint density at radius 2 is 2.06 bits per heavy atom. The molecule has 0 bridgehead atoms. The second kappa shape index (κ2) is 6.54. The van der Waals surface area contributed by atoms with Gasteiger partial charge < -0.3 is 10.2 Å². The van der Waals surface area contributed by atoms with Gasteiger partial charge in [-0.1, -0.05) is 15.9 Å². The van der Waals surface area contributed by atoms with Crippen LogP contribution in [0.2, 0.25) is 0 Å². The zero-order chi connectivity index (χ0) is 13.7. The highest BCUT2D eigenvalue weighted by Crippen LogP contribution is 2.17. The first-order valence-electron chi connectivity index (χ1n) is 5.68. The van der Waals surface area contributed by atoms with Crippen molar-refractivity contribution in [3.8, 4) is 0 Å². The van der Waals surface area contributed by atoms with E-state index in [1.807, 2.05) is 19.1 Å². The third kappa shape index (κ3) is 3.84. The number of rotatable bonds is 4. The van der Waals surface area contributed by atoms with Crippen LogP contribution in [0.4, 0.5) is 0 Å². The van der Waals surface area contributed by atoms with Crippen molar-refractivity contribution in [2.75, 3.05) is 20.6 Å². The maximum atomic E-state index is 12.1. The van der Waals surface area contributed by atoms with Crippen molar-refractivity contribution in [3.63, 3.8) is 0 Å². The van der Waals surface area contributed by atoms with Crippen LogP contribution >= 0.6 is 15.9 Å². The van der Waals surface area contributed by atoms with E-state index in [4.69, 9.17) is 0 Å². The molecular weight excluding hydrogens is 296 g/mol. The van der Waals surface area contributed by atoms with Gasteiger partial charge in [-0.3, -0.25) is 9.59 Å². The van der Waals surface area contributed by atoms with Crippen molar-refractivity contribution in [1.82, 2.24) is 10.2 Å². The fourth-order valence-corrected chi connectivity index (χ4v) is 1.74. The van der Waals surface area contributed by atoms with Gasteiger partial charge in [0.15, 0.2) is 0 Å². The number of halogens is 1. The molecule has 98 valence electrons. The van der Waals surface area contributed by atoms with Crippen LogP contribution in [0.3, 0.4) is 0 Å². The van der Waals surface area contributed by atoms with Crippen LogP contribution in [0.5, 0.6) is 0 Å². The van der Waals surface area contributed by atoms with Crippen molar-refractivity contribution in [3.05, 3.63) is 33.8 Å². The first kappa shape index (κ1) is 14.7. The van der Waals surface area contributed by atoms with Gasteiger partial charge in [-0.25, -0.2) is 0 Å². The van der Waals surface area contributed by atoms with Crippen molar-refractivity contribution < 1.29 is 9.59 Å². The van der Waals surface area contributed by atoms with Gasteiger partial charge in [0.1, 0.15) is 0 Å². The van der Waals surface area contributed by atoms with Crippen LogP contribution in [0.1, 0.15) is 22.3 Å². The molecule has 0 aromatic heterocycles. The minimum Gasteiger partial charge on any atom is -0.359 e. The molecule has 5 heteroatoms. The predicted octanol–water partition coefficient (Wildman–Crippen LogP) is 1.97. The van der Waals surface area contributed by atoms with Crippen LogP contribution in [-0.2, 0) is 4.79 Å². The monoisotopic (exact) mass is 312 g/mol. The lowest BCUT2D eigenvalue weighted by Crippen LogP contribution is -2.31. The lowest BCUT2D eigenvalue weighted by molar-refractivity contribution is -0.120. The summed E-state index contributed by atoms with van der Waals surface area (Å²) in [6, 6.07) is 5.47. The normalized spacial score (nSPS) is 10.0. The van der Waals surface area contributed by atoms with Gasteiger partial charge >= 0.3 is 0 Å². The molecule has 4 nitrogen and oxygen atoms in total. The zero-order valence-electron chi connectivity index (χ0n) is 10.8. The number of nitrogens with one attached hydrogen (secondary N) is 1. The Balaban J connectivity index is 2.68. The quantitative estimate of drug-likeness (QED) is 0.924. The largest absolute Gasteiger partial charge is 0.359 e. The average molecular weight is 313 g/mol. The van der Waals surface area contributed by atoms with Crippen LogP contribution in [0.25, 0.3) is 0 Å². The summed E-state index contributed by atoms with van der Waals surface area (Å²) in [4.78, 5) is 24.8. The average Bonchev–Trinajstić information content (AvgIpc) is 2.37. The van der Waals surface area contributed by atoms with E-state index in [1.165, 1.54) is 0 Å². The number of hydrogen-bond donors (Lipinski definition) is 1. The standard InChI is InChI=1S/C13H17BrN2O2/c1-9-8-10(4-5-11(9)14)13(18)16(3)7-6-12(17)15-2/h4-5,8H,6-7H2,1-3H3,(H,15,17). The number of carbonyl (C=O) groups is 2. The lowest BCUT2D eigenvalue weighted by atomic mass is 10.1. The van der Waals surface area contributed by atoms with Crippen molar-refractivity contribution in [2.24, 2.45) is 0 Å². The van der Waals surface area contributed by atoms with Gasteiger partial charge in [0.05, 0.1) is 0 Å². The third-order valence-electron chi connectivity index (χ3n) is 2.70. The van der Waals surface area contributed by atoms with E-state index in [0.717, 1.165) is 10.0 Å². The summed E-state index contributed by atoms with van der Waals surface area (Å²) in [7, 11) is 3.28. The van der Waals surface area contributed by atoms with Gasteiger partial charge in [-0.2, -0.15) is 0 Å². The van der Waals surface area contributed by atoms with Crippen molar-refractivity contribution in [1.29, 1.82) is 0 Å². The van der Waals surface area contributed by atoms with Crippen LogP contribution in [0.15, 0.2) is 22.7 Å². The molecule has 0 unspecified atom stereocenters. The van der Waals surface area contributed by atoms with Crippen molar-refractivity contribution in [2.45, 2.75) is 13.3 Å². The molecule has 0 heterocycles. The number of amides is 2. The number of aryl methyl sites for hydroxylation is 1. The first-order chi connectivity index (χ1) is 8.45. The van der Waals surface area contributed by atoms with Crippen LogP contribution in [0, 0.1) is 6.92 Å². The van der Waals surface area contributed by atoms with E-state index in [9.17, 15) is 9.59 Å². The number of hydrogen-bond acceptors (Lipinski definition) is 2. The first-order valence-corrected chi connectivity index (χ1v) is 6.47. The van der Waals surface area contributed by atoms with Gasteiger partial charge in [-0.05, 0) is 30.7 Å². The maximum Gasteiger partial charge on any atom is 0.253 e. The SMILES string of the molecule is CNC(=O)CCN(C)C(=O)c1ccc(Br)c(C)c1. The van der Waals surface area contributed by atoms with Gasteiger partial charge in [-0.15, -0.1) is 0 Å². The third-order valence-corrected chi connectivity index (χ3v) is 3.59. The highest BCUT2D eigenvalue weighted by atomic mass is 79.9. The Kier molecular flexibility index (Phi) is 5.34. The van der Waals surface area contributed by atoms with E-state index in [2.05, 4.69) is 21.2 Å². The van der Waals surface area contributed by atoms with Crippen molar-refractivity contribution >= 4 is 27.7 Å². The molecule has 1 aromatic carbocycles. The summed E-state index contributed by atoms with van der Waals surface area (Å²) in [6.45, 7) is 2.35. The predicted molar refractivity (Wildman–Crippen MR) is 74.5 cm³/mol. The van der Waals surface area contributed by atoms with Crippen LogP contribution in [-0.4, -0.2) is 37.4 Å². The van der Waals surface area contributed by atoms with Gasteiger partial charge in [0.2, 0.25) is 5.91 Å². The van der Waals surface area contributed by atoms with Gasteiger partial charge in [0, 0.05) is 37.1 Å². The fourth-order valence-electron chi connectivity index (χ4n) is 1.49. The summed E-state index contributed by atoms with van der Waals surface area (Å²) in [5.74, 6) is -0.142. The molecule has 0 radical (unpaired) electrons. The Hall–Kier alpha value is -1.36. The van der Waals surface area contributed by atoms with E-state index >= 15 is 0 Å². The van der Waals surface area contributed by atoms with Crippen LogP contribution < -0.4 is 5.32 Å². The van der Waals surface area contributed by atoms with E-state index in [-0.39, 0.29) is 11.8 Å². The summed E-state index contributed by atoms with van der Waals surface area (Å²) in [5.41, 5.74) is 1.65. The number of nitrogens with zero attached hydrogens (tertiary/aromatic N) is 1. The summed E-state index contributed by atoms with van der Waals surface area (Å²) < 4.78 is 0.979. The molecule has 2 amide bonds. The molecule has 1 N–H and O–H groups in total. The molecule has 0 spiro atoms. The second-order valence-electron chi connectivity index (χ2n) is 4.11. The molecule has 0 atom stereocenters. The second-order valence-corrected chi connectivity index (χ2v) is 4.97. The molecule has 0 aliphatic carbocycles. The van der Waals surface area contributed by atoms with E-state index < -0.39 is 0 Å². The summed E-state index contributed by atoms with van der Waals surface area (Å²) >= 11 is 3.40. The Labute approximate surface area is 115 Å². The molecule has 0 aliphatic rings. The topological polar surface area (TPSA) is 49.4 Å². The zero-order valence-corrected chi connectivity index (χ0v) is 12.4. The number of benzene rings is 1. The molecule has 0 saturated carbocycles. The smallest absolute Gasteiger partial charge is 0.253 e.